The molecule has 3 heterocycles. The highest BCUT2D eigenvalue weighted by atomic mass is 16.5. The third-order valence-corrected chi connectivity index (χ3v) is 5.57. The first-order valence-electron chi connectivity index (χ1n) is 10.4. The number of pyridine rings is 1. The number of nitrogens with one attached hydrogen (secondary N) is 1. The van der Waals surface area contributed by atoms with Crippen LogP contribution in [0.15, 0.2) is 55.2 Å². The Morgan fingerprint density at radius 3 is 2.71 bits per heavy atom. The van der Waals surface area contributed by atoms with E-state index < -0.39 is 0 Å². The van der Waals surface area contributed by atoms with Gasteiger partial charge in [0.25, 0.3) is 0 Å². The minimum atomic E-state index is -0.135. The lowest BCUT2D eigenvalue weighted by molar-refractivity contribution is 0.122. The number of hydrogen-bond acceptors (Lipinski definition) is 6. The van der Waals surface area contributed by atoms with Crippen molar-refractivity contribution in [1.29, 1.82) is 0 Å². The van der Waals surface area contributed by atoms with E-state index in [1.54, 1.807) is 29.2 Å². The Kier molecular flexibility index (Phi) is 6.42. The van der Waals surface area contributed by atoms with E-state index >= 15 is 0 Å². The Morgan fingerprint density at radius 1 is 1.23 bits per heavy atom. The van der Waals surface area contributed by atoms with E-state index in [9.17, 15) is 4.79 Å². The van der Waals surface area contributed by atoms with E-state index in [0.717, 1.165) is 35.7 Å². The number of ether oxygens (including phenoxy) is 1. The van der Waals surface area contributed by atoms with Crippen molar-refractivity contribution in [3.05, 3.63) is 66.4 Å². The molecule has 0 spiro atoms. The van der Waals surface area contributed by atoms with Crippen molar-refractivity contribution in [2.45, 2.75) is 19.5 Å². The molecule has 2 aromatic heterocycles. The summed E-state index contributed by atoms with van der Waals surface area (Å²) in [5, 5.41) is 7.16. The van der Waals surface area contributed by atoms with Crippen molar-refractivity contribution in [3.8, 4) is 5.69 Å². The molecule has 0 saturated carbocycles. The lowest BCUT2D eigenvalue weighted by Gasteiger charge is -2.30. The van der Waals surface area contributed by atoms with E-state index in [2.05, 4.69) is 25.3 Å². The summed E-state index contributed by atoms with van der Waals surface area (Å²) in [6, 6.07) is 11.6. The van der Waals surface area contributed by atoms with Gasteiger partial charge in [0.05, 0.1) is 24.9 Å². The van der Waals surface area contributed by atoms with Crippen LogP contribution in [-0.2, 0) is 11.3 Å². The summed E-state index contributed by atoms with van der Waals surface area (Å²) < 4.78 is 7.13. The molecule has 31 heavy (non-hydrogen) atoms. The number of urea groups is 1. The maximum atomic E-state index is 12.8. The van der Waals surface area contributed by atoms with Crippen LogP contribution in [0.5, 0.6) is 0 Å². The largest absolute Gasteiger partial charge is 0.378 e. The smallest absolute Gasteiger partial charge is 0.317 e. The van der Waals surface area contributed by atoms with Crippen molar-refractivity contribution in [2.24, 2.45) is 0 Å². The third-order valence-electron chi connectivity index (χ3n) is 5.57. The highest BCUT2D eigenvalue weighted by Crippen LogP contribution is 2.21. The average Bonchev–Trinajstić information content (AvgIpc) is 3.37. The highest BCUT2D eigenvalue weighted by Gasteiger charge is 2.19. The zero-order chi connectivity index (χ0) is 21.6. The predicted octanol–water partition coefficient (Wildman–Crippen LogP) is 2.40. The molecule has 0 radical (unpaired) electrons. The van der Waals surface area contributed by atoms with Crippen LogP contribution >= 0.6 is 0 Å². The molecule has 1 aromatic carbocycles. The van der Waals surface area contributed by atoms with Crippen LogP contribution in [0.1, 0.15) is 24.1 Å². The molecule has 9 heteroatoms. The number of benzene rings is 1. The standard InChI is InChI=1S/C22H27N7O2/c1-17(18-5-7-20(8-6-18)29-16-23-15-26-29)27(2)22(30)25-14-19-4-3-9-24-21(19)28-10-12-31-13-11-28/h3-9,15-17H,10-14H2,1-2H3,(H,25,30)/t17-/m0/s1. The third kappa shape index (κ3) is 4.83. The van der Waals surface area contributed by atoms with Crippen LogP contribution in [0, 0.1) is 0 Å². The van der Waals surface area contributed by atoms with Gasteiger partial charge in [0, 0.05) is 38.4 Å². The van der Waals surface area contributed by atoms with Gasteiger partial charge in [-0.1, -0.05) is 18.2 Å². The van der Waals surface area contributed by atoms with E-state index in [1.807, 2.05) is 43.3 Å². The summed E-state index contributed by atoms with van der Waals surface area (Å²) in [5.74, 6) is 0.908. The quantitative estimate of drug-likeness (QED) is 0.658. The minimum Gasteiger partial charge on any atom is -0.378 e. The first-order chi connectivity index (χ1) is 15.1. The molecule has 1 aliphatic rings. The molecule has 162 valence electrons. The minimum absolute atomic E-state index is 0.0857. The molecule has 2 amide bonds. The van der Waals surface area contributed by atoms with Gasteiger partial charge in [0.2, 0.25) is 0 Å². The fourth-order valence-corrected chi connectivity index (χ4v) is 3.57. The summed E-state index contributed by atoms with van der Waals surface area (Å²) in [7, 11) is 1.80. The molecule has 1 aliphatic heterocycles. The van der Waals surface area contributed by atoms with Crippen molar-refractivity contribution in [3.63, 3.8) is 0 Å². The maximum absolute atomic E-state index is 12.8. The van der Waals surface area contributed by atoms with Gasteiger partial charge in [-0.15, -0.1) is 0 Å². The second-order valence-corrected chi connectivity index (χ2v) is 7.46. The fraction of sp³-hybridized carbons (Fsp3) is 0.364. The Bertz CT molecular complexity index is 985. The van der Waals surface area contributed by atoms with Crippen LogP contribution in [0.4, 0.5) is 10.6 Å². The summed E-state index contributed by atoms with van der Waals surface area (Å²) in [6.07, 6.45) is 4.94. The number of hydrogen-bond donors (Lipinski definition) is 1. The number of nitrogens with zero attached hydrogens (tertiary/aromatic N) is 6. The Labute approximate surface area is 181 Å². The molecule has 1 atom stereocenters. The van der Waals surface area contributed by atoms with Crippen LogP contribution < -0.4 is 10.2 Å². The summed E-state index contributed by atoms with van der Waals surface area (Å²) in [6.45, 7) is 5.42. The number of morpholine rings is 1. The monoisotopic (exact) mass is 421 g/mol. The Morgan fingerprint density at radius 2 is 2.00 bits per heavy atom. The van der Waals surface area contributed by atoms with Crippen LogP contribution in [0.25, 0.3) is 5.69 Å². The van der Waals surface area contributed by atoms with Crippen molar-refractivity contribution in [1.82, 2.24) is 30.0 Å². The van der Waals surface area contributed by atoms with E-state index in [1.165, 1.54) is 6.33 Å². The molecule has 3 aromatic rings. The van der Waals surface area contributed by atoms with Crippen LogP contribution in [0.2, 0.25) is 0 Å². The molecular formula is C22H27N7O2. The van der Waals surface area contributed by atoms with Crippen molar-refractivity contribution in [2.75, 3.05) is 38.3 Å². The molecule has 1 saturated heterocycles. The maximum Gasteiger partial charge on any atom is 0.317 e. The first-order valence-corrected chi connectivity index (χ1v) is 10.4. The molecule has 0 bridgehead atoms. The van der Waals surface area contributed by atoms with Gasteiger partial charge >= 0.3 is 6.03 Å². The van der Waals surface area contributed by atoms with E-state index in [4.69, 9.17) is 4.74 Å². The number of carbonyl (C=O) groups is 1. The average molecular weight is 422 g/mol. The molecule has 1 fully saturated rings. The zero-order valence-electron chi connectivity index (χ0n) is 17.8. The number of anilines is 1. The van der Waals surface area contributed by atoms with Gasteiger partial charge in [0.15, 0.2) is 0 Å². The lowest BCUT2D eigenvalue weighted by Crippen LogP contribution is -2.40. The van der Waals surface area contributed by atoms with E-state index in [0.29, 0.717) is 19.8 Å². The van der Waals surface area contributed by atoms with Gasteiger partial charge < -0.3 is 19.9 Å². The molecular weight excluding hydrogens is 394 g/mol. The van der Waals surface area contributed by atoms with Crippen molar-refractivity contribution < 1.29 is 9.53 Å². The van der Waals surface area contributed by atoms with Gasteiger partial charge in [-0.25, -0.2) is 19.4 Å². The number of amides is 2. The second-order valence-electron chi connectivity index (χ2n) is 7.46. The first kappa shape index (κ1) is 20.8. The fourth-order valence-electron chi connectivity index (χ4n) is 3.57. The van der Waals surface area contributed by atoms with Gasteiger partial charge in [-0.05, 0) is 30.7 Å². The second kappa shape index (κ2) is 9.57. The highest BCUT2D eigenvalue weighted by molar-refractivity contribution is 5.74. The van der Waals surface area contributed by atoms with Gasteiger partial charge in [-0.2, -0.15) is 5.10 Å². The predicted molar refractivity (Wildman–Crippen MR) is 117 cm³/mol. The van der Waals surface area contributed by atoms with Crippen LogP contribution in [-0.4, -0.2) is 64.0 Å². The SMILES string of the molecule is C[C@@H](c1ccc(-n2cncn2)cc1)N(C)C(=O)NCc1cccnc1N1CCOCC1. The topological polar surface area (TPSA) is 88.4 Å². The summed E-state index contributed by atoms with van der Waals surface area (Å²) in [4.78, 5) is 25.2. The number of rotatable bonds is 6. The lowest BCUT2D eigenvalue weighted by atomic mass is 10.1. The molecule has 4 rings (SSSR count). The Balaban J connectivity index is 1.37. The van der Waals surface area contributed by atoms with Gasteiger partial charge in [0.1, 0.15) is 18.5 Å². The molecule has 1 N–H and O–H groups in total. The molecule has 9 nitrogen and oxygen atoms in total. The van der Waals surface area contributed by atoms with Crippen LogP contribution in [0.3, 0.4) is 0 Å². The number of aromatic nitrogens is 4. The van der Waals surface area contributed by atoms with Crippen molar-refractivity contribution >= 4 is 11.8 Å². The van der Waals surface area contributed by atoms with E-state index in [-0.39, 0.29) is 12.1 Å². The number of carbonyl (C=O) groups excluding carboxylic acids is 1. The Hall–Kier alpha value is -3.46. The summed E-state index contributed by atoms with van der Waals surface area (Å²) in [5.41, 5.74) is 2.96. The summed E-state index contributed by atoms with van der Waals surface area (Å²) >= 11 is 0. The molecule has 0 aliphatic carbocycles. The normalized spacial score (nSPS) is 14.8. The zero-order valence-corrected chi connectivity index (χ0v) is 17.8. The van der Waals surface area contributed by atoms with Gasteiger partial charge in [-0.3, -0.25) is 0 Å². The molecule has 0 unspecified atom stereocenters.